The van der Waals surface area contributed by atoms with Crippen LogP contribution in [0.2, 0.25) is 0 Å². The molecule has 1 aliphatic heterocycles. The zero-order chi connectivity index (χ0) is 17.6. The van der Waals surface area contributed by atoms with Crippen molar-refractivity contribution in [3.8, 4) is 0 Å². The number of hydrogen-bond donors (Lipinski definition) is 1. The quantitative estimate of drug-likeness (QED) is 0.282. The highest BCUT2D eigenvalue weighted by molar-refractivity contribution is 14.0. The topological polar surface area (TPSA) is 65.0 Å². The first kappa shape index (κ1) is 22.5. The fourth-order valence-electron chi connectivity index (χ4n) is 2.70. The van der Waals surface area contributed by atoms with Crippen LogP contribution in [0.1, 0.15) is 12.0 Å². The molecule has 1 fully saturated rings. The molecule has 1 aromatic carbocycles. The molecule has 0 bridgehead atoms. The summed E-state index contributed by atoms with van der Waals surface area (Å²) in [6.45, 7) is 2.41. The van der Waals surface area contributed by atoms with Crippen molar-refractivity contribution in [1.29, 1.82) is 0 Å². The summed E-state index contributed by atoms with van der Waals surface area (Å²) in [5.41, 5.74) is 1.21. The number of guanidine groups is 1. The van der Waals surface area contributed by atoms with Crippen LogP contribution in [0.3, 0.4) is 0 Å². The molecule has 1 aliphatic rings. The monoisotopic (exact) mass is 498 g/mol. The first-order chi connectivity index (χ1) is 11.5. The lowest BCUT2D eigenvalue weighted by Gasteiger charge is -2.23. The Morgan fingerprint density at radius 1 is 1.36 bits per heavy atom. The van der Waals surface area contributed by atoms with Gasteiger partial charge in [-0.05, 0) is 30.4 Å². The highest BCUT2D eigenvalue weighted by Crippen LogP contribution is 2.15. The van der Waals surface area contributed by atoms with Gasteiger partial charge in [0.1, 0.15) is 0 Å². The van der Waals surface area contributed by atoms with Crippen molar-refractivity contribution in [1.82, 2.24) is 14.5 Å². The predicted octanol–water partition coefficient (Wildman–Crippen LogP) is 2.07. The number of rotatable bonds is 6. The van der Waals surface area contributed by atoms with Crippen molar-refractivity contribution in [2.45, 2.75) is 17.9 Å². The predicted molar refractivity (Wildman–Crippen MR) is 116 cm³/mol. The Balaban J connectivity index is 0.00000312. The summed E-state index contributed by atoms with van der Waals surface area (Å²) in [5, 5.41) is 3.24. The normalized spacial score (nSPS) is 17.2. The van der Waals surface area contributed by atoms with Crippen LogP contribution in [0.5, 0.6) is 0 Å². The van der Waals surface area contributed by atoms with Gasteiger partial charge in [-0.3, -0.25) is 4.99 Å². The Morgan fingerprint density at radius 3 is 2.56 bits per heavy atom. The van der Waals surface area contributed by atoms with Crippen molar-refractivity contribution in [2.75, 3.05) is 45.7 Å². The van der Waals surface area contributed by atoms with Gasteiger partial charge in [-0.15, -0.1) is 35.7 Å². The van der Waals surface area contributed by atoms with Gasteiger partial charge < -0.3 is 10.2 Å². The molecule has 1 heterocycles. The Bertz CT molecular complexity index is 665. The Labute approximate surface area is 172 Å². The van der Waals surface area contributed by atoms with Crippen molar-refractivity contribution in [3.05, 3.63) is 29.8 Å². The zero-order valence-electron chi connectivity index (χ0n) is 14.9. The zero-order valence-corrected chi connectivity index (χ0v) is 18.9. The van der Waals surface area contributed by atoms with E-state index in [4.69, 9.17) is 0 Å². The average Bonchev–Trinajstić information content (AvgIpc) is 2.90. The van der Waals surface area contributed by atoms with E-state index in [1.165, 1.54) is 10.5 Å². The minimum atomic E-state index is -3.03. The highest BCUT2D eigenvalue weighted by atomic mass is 127. The Hall–Kier alpha value is -0.520. The smallest absolute Gasteiger partial charge is 0.214 e. The maximum atomic E-state index is 11.8. The molecule has 9 heteroatoms. The summed E-state index contributed by atoms with van der Waals surface area (Å²) in [4.78, 5) is 7.56. The second kappa shape index (κ2) is 10.6. The van der Waals surface area contributed by atoms with Gasteiger partial charge in [-0.2, -0.15) is 0 Å². The molecule has 0 aliphatic carbocycles. The fraction of sp³-hybridized carbons (Fsp3) is 0.562. The first-order valence-corrected chi connectivity index (χ1v) is 10.8. The maximum absolute atomic E-state index is 11.8. The number of sulfonamides is 1. The second-order valence-corrected chi connectivity index (χ2v) is 8.71. The van der Waals surface area contributed by atoms with Gasteiger partial charge >= 0.3 is 0 Å². The number of nitrogens with zero attached hydrogens (tertiary/aromatic N) is 3. The minimum Gasteiger partial charge on any atom is -0.355 e. The van der Waals surface area contributed by atoms with Gasteiger partial charge in [0.25, 0.3) is 0 Å². The molecule has 0 radical (unpaired) electrons. The molecule has 6 nitrogen and oxygen atoms in total. The standard InChI is InChI=1S/C16H26N4O2S2.HI/c1-17-16(18-9-11-20-10-4-12-24(20,21)22)19(2)13-14-5-7-15(23-3)8-6-14;/h5-8H,4,9-13H2,1-3H3,(H,17,18);1H. The van der Waals surface area contributed by atoms with Crippen LogP contribution in [0.25, 0.3) is 0 Å². The van der Waals surface area contributed by atoms with Gasteiger partial charge in [-0.25, -0.2) is 12.7 Å². The van der Waals surface area contributed by atoms with Crippen molar-refractivity contribution >= 4 is 51.7 Å². The molecular formula is C16H27IN4O2S2. The summed E-state index contributed by atoms with van der Waals surface area (Å²) in [5.74, 6) is 1.04. The van der Waals surface area contributed by atoms with E-state index in [-0.39, 0.29) is 29.7 Å². The molecule has 1 aromatic rings. The van der Waals surface area contributed by atoms with E-state index < -0.39 is 10.0 Å². The van der Waals surface area contributed by atoms with Crippen LogP contribution in [0, 0.1) is 0 Å². The van der Waals surface area contributed by atoms with Crippen molar-refractivity contribution in [2.24, 2.45) is 4.99 Å². The lowest BCUT2D eigenvalue weighted by atomic mass is 10.2. The Kier molecular flexibility index (Phi) is 9.54. The summed E-state index contributed by atoms with van der Waals surface area (Å²) in [7, 11) is 0.686. The van der Waals surface area contributed by atoms with Crippen LogP contribution >= 0.6 is 35.7 Å². The van der Waals surface area contributed by atoms with E-state index in [1.54, 1.807) is 23.1 Å². The van der Waals surface area contributed by atoms with E-state index in [0.29, 0.717) is 19.6 Å². The molecule has 142 valence electrons. The van der Waals surface area contributed by atoms with Crippen LogP contribution in [0.4, 0.5) is 0 Å². The molecule has 0 atom stereocenters. The number of hydrogen-bond acceptors (Lipinski definition) is 4. The van der Waals surface area contributed by atoms with Crippen molar-refractivity contribution < 1.29 is 8.42 Å². The maximum Gasteiger partial charge on any atom is 0.214 e. The molecule has 25 heavy (non-hydrogen) atoms. The van der Waals surface area contributed by atoms with Crippen molar-refractivity contribution in [3.63, 3.8) is 0 Å². The number of aliphatic imine (C=N–C) groups is 1. The van der Waals surface area contributed by atoms with Crippen LogP contribution in [-0.4, -0.2) is 69.3 Å². The highest BCUT2D eigenvalue weighted by Gasteiger charge is 2.27. The lowest BCUT2D eigenvalue weighted by molar-refractivity contribution is 0.432. The van der Waals surface area contributed by atoms with E-state index >= 15 is 0 Å². The minimum absolute atomic E-state index is 0. The number of halogens is 1. The SMILES string of the molecule is CN=C(NCCN1CCCS1(=O)=O)N(C)Cc1ccc(SC)cc1.I. The fourth-order valence-corrected chi connectivity index (χ4v) is 4.64. The van der Waals surface area contributed by atoms with Crippen LogP contribution in [-0.2, 0) is 16.6 Å². The molecule has 0 spiro atoms. The van der Waals surface area contributed by atoms with E-state index in [0.717, 1.165) is 18.9 Å². The first-order valence-electron chi connectivity index (χ1n) is 7.99. The molecule has 1 saturated heterocycles. The van der Waals surface area contributed by atoms with Gasteiger partial charge in [0.15, 0.2) is 5.96 Å². The summed E-state index contributed by atoms with van der Waals surface area (Å²) in [6, 6.07) is 8.46. The lowest BCUT2D eigenvalue weighted by Crippen LogP contribution is -2.42. The molecule has 0 aromatic heterocycles. The van der Waals surface area contributed by atoms with Crippen LogP contribution < -0.4 is 5.32 Å². The molecule has 0 amide bonds. The third kappa shape index (κ3) is 6.61. The van der Waals surface area contributed by atoms with Gasteiger partial charge in [-0.1, -0.05) is 12.1 Å². The Morgan fingerprint density at radius 2 is 2.04 bits per heavy atom. The summed E-state index contributed by atoms with van der Waals surface area (Å²) < 4.78 is 25.1. The molecule has 0 saturated carbocycles. The molecule has 1 N–H and O–H groups in total. The third-order valence-corrected chi connectivity index (χ3v) is 6.70. The van der Waals surface area contributed by atoms with Gasteiger partial charge in [0, 0.05) is 45.2 Å². The average molecular weight is 498 g/mol. The van der Waals surface area contributed by atoms with Gasteiger partial charge in [0.2, 0.25) is 10.0 Å². The number of nitrogens with one attached hydrogen (secondary N) is 1. The number of benzene rings is 1. The van der Waals surface area contributed by atoms with E-state index in [2.05, 4.69) is 40.8 Å². The molecule has 0 unspecified atom stereocenters. The van der Waals surface area contributed by atoms with Gasteiger partial charge in [0.05, 0.1) is 5.75 Å². The molecular weight excluding hydrogens is 471 g/mol. The largest absolute Gasteiger partial charge is 0.355 e. The molecule has 2 rings (SSSR count). The van der Waals surface area contributed by atoms with Crippen LogP contribution in [0.15, 0.2) is 34.2 Å². The van der Waals surface area contributed by atoms with E-state index in [9.17, 15) is 8.42 Å². The summed E-state index contributed by atoms with van der Waals surface area (Å²) >= 11 is 1.73. The number of thioether (sulfide) groups is 1. The van der Waals surface area contributed by atoms with E-state index in [1.807, 2.05) is 11.9 Å². The second-order valence-electron chi connectivity index (χ2n) is 5.75. The summed E-state index contributed by atoms with van der Waals surface area (Å²) in [6.07, 6.45) is 2.79. The third-order valence-electron chi connectivity index (χ3n) is 4.00.